The van der Waals surface area contributed by atoms with Crippen LogP contribution in [0.15, 0.2) is 4.99 Å². The molecule has 0 aromatic carbocycles. The van der Waals surface area contributed by atoms with Crippen LogP contribution in [-0.2, 0) is 24.0 Å². The fourth-order valence-corrected chi connectivity index (χ4v) is 2.21. The molecule has 13 heteroatoms. The van der Waals surface area contributed by atoms with Gasteiger partial charge in [0.05, 0.1) is 6.42 Å². The number of carbonyl (C=O) groups excluding carboxylic acids is 5. The number of guanidine groups is 1. The number of aliphatic imine (C=N–C) groups is 1. The first-order chi connectivity index (χ1) is 13.4. The van der Waals surface area contributed by atoms with Crippen molar-refractivity contribution in [2.45, 2.75) is 51.2 Å². The third-order valence-corrected chi connectivity index (χ3v) is 4.10. The number of nitrogens with zero attached hydrogens (tertiary/aromatic N) is 2. The Balaban J connectivity index is 5.29. The molecule has 0 radical (unpaired) electrons. The van der Waals surface area contributed by atoms with Gasteiger partial charge in [-0.3, -0.25) is 29.0 Å². The Labute approximate surface area is 168 Å². The topological polar surface area (TPSA) is 229 Å². The van der Waals surface area contributed by atoms with E-state index in [-0.39, 0.29) is 24.8 Å². The van der Waals surface area contributed by atoms with E-state index < -0.39 is 48.2 Å². The van der Waals surface area contributed by atoms with Crippen molar-refractivity contribution < 1.29 is 24.0 Å². The molecule has 0 aliphatic rings. The van der Waals surface area contributed by atoms with Gasteiger partial charge in [0.15, 0.2) is 5.96 Å². The van der Waals surface area contributed by atoms with Gasteiger partial charge in [-0.2, -0.15) is 0 Å². The normalized spacial score (nSPS) is 13.3. The van der Waals surface area contributed by atoms with Crippen LogP contribution < -0.4 is 33.6 Å². The van der Waals surface area contributed by atoms with Crippen molar-refractivity contribution in [1.82, 2.24) is 15.5 Å². The van der Waals surface area contributed by atoms with Crippen molar-refractivity contribution in [3.05, 3.63) is 0 Å². The second-order valence-electron chi connectivity index (χ2n) is 6.45. The summed E-state index contributed by atoms with van der Waals surface area (Å²) in [6.07, 6.45) is -0.0453. The molecule has 13 nitrogen and oxygen atoms in total. The lowest BCUT2D eigenvalue weighted by Crippen LogP contribution is -2.56. The van der Waals surface area contributed by atoms with E-state index >= 15 is 0 Å². The lowest BCUT2D eigenvalue weighted by atomic mass is 10.1. The number of amides is 5. The molecule has 0 aliphatic heterocycles. The molecular formula is C16H30N8O5. The molecule has 0 bridgehead atoms. The van der Waals surface area contributed by atoms with Crippen molar-refractivity contribution in [2.75, 3.05) is 13.6 Å². The molecule has 0 aromatic heterocycles. The fraction of sp³-hybridized carbons (Fsp3) is 0.625. The number of nitrogens with two attached hydrogens (primary N) is 4. The van der Waals surface area contributed by atoms with Crippen LogP contribution in [0.2, 0.25) is 0 Å². The van der Waals surface area contributed by atoms with Crippen LogP contribution in [0.3, 0.4) is 0 Å². The van der Waals surface area contributed by atoms with Crippen LogP contribution in [0, 0.1) is 0 Å². The van der Waals surface area contributed by atoms with Crippen molar-refractivity contribution >= 4 is 35.5 Å². The summed E-state index contributed by atoms with van der Waals surface area (Å²) in [5, 5.41) is 4.81. The van der Waals surface area contributed by atoms with E-state index in [1.165, 1.54) is 25.8 Å². The molecule has 164 valence electrons. The smallest absolute Gasteiger partial charge is 0.243 e. The molecule has 0 aliphatic carbocycles. The number of carbonyl (C=O) groups is 5. The highest BCUT2D eigenvalue weighted by molar-refractivity contribution is 5.95. The summed E-state index contributed by atoms with van der Waals surface area (Å²) >= 11 is 0. The first-order valence-electron chi connectivity index (χ1n) is 8.83. The van der Waals surface area contributed by atoms with Crippen LogP contribution in [0.5, 0.6) is 0 Å². The standard InChI is InChI=1S/C16H30N8O5/c1-8(24(3)9(2)25)14(28)22-10(5-4-6-21-16(19)20)15(29)23-11(13(18)27)7-12(17)26/h8,10-11H,4-7H2,1-3H3,(H2,17,26)(H2,18,27)(H,22,28)(H,23,29)(H4,19,20,21)/t8-,10-,11-/m0/s1. The van der Waals surface area contributed by atoms with Gasteiger partial charge < -0.3 is 38.5 Å². The minimum Gasteiger partial charge on any atom is -0.370 e. The maximum atomic E-state index is 12.6. The average Bonchev–Trinajstić information content (AvgIpc) is 2.61. The summed E-state index contributed by atoms with van der Waals surface area (Å²) in [7, 11) is 1.44. The molecule has 29 heavy (non-hydrogen) atoms. The zero-order chi connectivity index (χ0) is 22.7. The van der Waals surface area contributed by atoms with Crippen LogP contribution >= 0.6 is 0 Å². The Morgan fingerprint density at radius 2 is 1.52 bits per heavy atom. The number of nitrogens with one attached hydrogen (secondary N) is 2. The van der Waals surface area contributed by atoms with Gasteiger partial charge in [-0.15, -0.1) is 0 Å². The molecule has 0 heterocycles. The molecule has 0 unspecified atom stereocenters. The monoisotopic (exact) mass is 414 g/mol. The van der Waals surface area contributed by atoms with Gasteiger partial charge in [0, 0.05) is 20.5 Å². The van der Waals surface area contributed by atoms with Crippen molar-refractivity contribution in [1.29, 1.82) is 0 Å². The second kappa shape index (κ2) is 12.2. The van der Waals surface area contributed by atoms with E-state index in [9.17, 15) is 24.0 Å². The summed E-state index contributed by atoms with van der Waals surface area (Å²) in [5.74, 6) is -3.58. The van der Waals surface area contributed by atoms with Crippen molar-refractivity contribution in [3.8, 4) is 0 Å². The summed E-state index contributed by atoms with van der Waals surface area (Å²) < 4.78 is 0. The quantitative estimate of drug-likeness (QED) is 0.106. The molecule has 0 saturated carbocycles. The summed E-state index contributed by atoms with van der Waals surface area (Å²) in [4.78, 5) is 63.9. The van der Waals surface area contributed by atoms with E-state index in [2.05, 4.69) is 15.6 Å². The number of rotatable bonds is 12. The molecule has 0 saturated heterocycles. The SMILES string of the molecule is CC(=O)N(C)[C@@H](C)C(=O)N[C@@H](CCCN=C(N)N)C(=O)N[C@@H](CC(N)=O)C(N)=O. The molecule has 5 amide bonds. The number of hydrogen-bond donors (Lipinski definition) is 6. The largest absolute Gasteiger partial charge is 0.370 e. The van der Waals surface area contributed by atoms with Crippen LogP contribution in [0.1, 0.15) is 33.1 Å². The van der Waals surface area contributed by atoms with Gasteiger partial charge in [-0.05, 0) is 19.8 Å². The van der Waals surface area contributed by atoms with Crippen molar-refractivity contribution in [2.24, 2.45) is 27.9 Å². The minimum atomic E-state index is -1.32. The first-order valence-corrected chi connectivity index (χ1v) is 8.83. The third-order valence-electron chi connectivity index (χ3n) is 4.10. The van der Waals surface area contributed by atoms with E-state index in [4.69, 9.17) is 22.9 Å². The van der Waals surface area contributed by atoms with Crippen LogP contribution in [-0.4, -0.2) is 72.1 Å². The van der Waals surface area contributed by atoms with Gasteiger partial charge >= 0.3 is 0 Å². The Hall–Kier alpha value is -3.38. The zero-order valence-electron chi connectivity index (χ0n) is 16.8. The van der Waals surface area contributed by atoms with Gasteiger partial charge in [0.2, 0.25) is 29.5 Å². The summed E-state index contributed by atoms with van der Waals surface area (Å²) in [6.45, 7) is 2.99. The number of primary amides is 2. The van der Waals surface area contributed by atoms with Crippen molar-refractivity contribution in [3.63, 3.8) is 0 Å². The lowest BCUT2D eigenvalue weighted by molar-refractivity contribution is -0.138. The Morgan fingerprint density at radius 1 is 0.966 bits per heavy atom. The van der Waals surface area contributed by atoms with E-state index in [1.807, 2.05) is 0 Å². The summed E-state index contributed by atoms with van der Waals surface area (Å²) in [6, 6.07) is -3.26. The number of likely N-dealkylation sites (N-methyl/N-ethyl adjacent to an activating group) is 1. The first kappa shape index (κ1) is 25.6. The average molecular weight is 414 g/mol. The highest BCUT2D eigenvalue weighted by Gasteiger charge is 2.29. The lowest BCUT2D eigenvalue weighted by Gasteiger charge is -2.26. The van der Waals surface area contributed by atoms with Gasteiger partial charge in [0.25, 0.3) is 0 Å². The molecule has 0 rings (SSSR count). The molecule has 0 fully saturated rings. The summed E-state index contributed by atoms with van der Waals surface area (Å²) in [5.41, 5.74) is 20.7. The maximum Gasteiger partial charge on any atom is 0.243 e. The van der Waals surface area contributed by atoms with E-state index in [0.29, 0.717) is 6.42 Å². The molecule has 0 spiro atoms. The third kappa shape index (κ3) is 9.93. The Bertz CT molecular complexity index is 662. The van der Waals surface area contributed by atoms with Crippen LogP contribution in [0.25, 0.3) is 0 Å². The maximum absolute atomic E-state index is 12.6. The van der Waals surface area contributed by atoms with E-state index in [0.717, 1.165) is 0 Å². The number of hydrogen-bond acceptors (Lipinski definition) is 6. The predicted octanol–water partition coefficient (Wildman–Crippen LogP) is -3.76. The van der Waals surface area contributed by atoms with Gasteiger partial charge in [0.1, 0.15) is 18.1 Å². The highest BCUT2D eigenvalue weighted by atomic mass is 16.2. The zero-order valence-corrected chi connectivity index (χ0v) is 16.8. The minimum absolute atomic E-state index is 0.118. The highest BCUT2D eigenvalue weighted by Crippen LogP contribution is 2.04. The fourth-order valence-electron chi connectivity index (χ4n) is 2.21. The Morgan fingerprint density at radius 3 is 1.97 bits per heavy atom. The molecular weight excluding hydrogens is 384 g/mol. The molecule has 0 aromatic rings. The predicted molar refractivity (Wildman–Crippen MR) is 105 cm³/mol. The Kier molecular flexibility index (Phi) is 10.7. The van der Waals surface area contributed by atoms with Gasteiger partial charge in [-0.25, -0.2) is 0 Å². The van der Waals surface area contributed by atoms with Gasteiger partial charge in [-0.1, -0.05) is 0 Å². The molecule has 3 atom stereocenters. The van der Waals surface area contributed by atoms with Crippen LogP contribution in [0.4, 0.5) is 0 Å². The second-order valence-corrected chi connectivity index (χ2v) is 6.45. The van der Waals surface area contributed by atoms with E-state index in [1.54, 1.807) is 0 Å². The molecule has 10 N–H and O–H groups in total.